The number of carboxylic acid groups (broad SMARTS) is 1. The quantitative estimate of drug-likeness (QED) is 0.841. The lowest BCUT2D eigenvalue weighted by atomic mass is 10.2. The summed E-state index contributed by atoms with van der Waals surface area (Å²) in [5, 5.41) is 12.0. The van der Waals surface area contributed by atoms with Gasteiger partial charge in [0.05, 0.1) is 5.56 Å². The number of anilines is 1. The highest BCUT2D eigenvalue weighted by Gasteiger charge is 2.05. The number of rotatable bonds is 4. The van der Waals surface area contributed by atoms with Crippen LogP contribution in [-0.4, -0.2) is 17.6 Å². The van der Waals surface area contributed by atoms with E-state index >= 15 is 0 Å². The van der Waals surface area contributed by atoms with Crippen molar-refractivity contribution in [3.63, 3.8) is 0 Å². The van der Waals surface area contributed by atoms with Crippen LogP contribution in [0, 0.1) is 3.57 Å². The second-order valence-corrected chi connectivity index (χ2v) is 4.09. The Kier molecular flexibility index (Phi) is 4.19. The number of carbonyl (C=O) groups is 1. The van der Waals surface area contributed by atoms with E-state index in [0.717, 1.165) is 22.2 Å². The molecule has 0 spiro atoms. The molecule has 0 saturated heterocycles. The number of carboxylic acids is 1. The molecule has 0 saturated carbocycles. The van der Waals surface area contributed by atoms with E-state index < -0.39 is 5.97 Å². The third-order valence-electron chi connectivity index (χ3n) is 1.78. The van der Waals surface area contributed by atoms with Crippen molar-refractivity contribution in [3.8, 4) is 0 Å². The SMILES string of the molecule is CCCNc1ccc(C(=O)O)cc1I. The van der Waals surface area contributed by atoms with E-state index in [-0.39, 0.29) is 0 Å². The minimum absolute atomic E-state index is 0.330. The van der Waals surface area contributed by atoms with Crippen LogP contribution in [0.5, 0.6) is 0 Å². The van der Waals surface area contributed by atoms with E-state index in [1.54, 1.807) is 18.2 Å². The van der Waals surface area contributed by atoms with Gasteiger partial charge in [0, 0.05) is 15.8 Å². The average molecular weight is 305 g/mol. The maximum Gasteiger partial charge on any atom is 0.335 e. The molecule has 4 heteroatoms. The van der Waals surface area contributed by atoms with Crippen molar-refractivity contribution in [2.45, 2.75) is 13.3 Å². The van der Waals surface area contributed by atoms with E-state index in [1.165, 1.54) is 0 Å². The average Bonchev–Trinajstić information content (AvgIpc) is 2.15. The molecule has 1 aromatic carbocycles. The highest BCUT2D eigenvalue weighted by molar-refractivity contribution is 14.1. The van der Waals surface area contributed by atoms with E-state index in [4.69, 9.17) is 5.11 Å². The van der Waals surface area contributed by atoms with Gasteiger partial charge >= 0.3 is 5.97 Å². The molecule has 1 rings (SSSR count). The maximum absolute atomic E-state index is 10.7. The first-order chi connectivity index (χ1) is 6.65. The fourth-order valence-electron chi connectivity index (χ4n) is 1.05. The van der Waals surface area contributed by atoms with Crippen molar-refractivity contribution in [1.29, 1.82) is 0 Å². The van der Waals surface area contributed by atoms with Gasteiger partial charge in [0.1, 0.15) is 0 Å². The summed E-state index contributed by atoms with van der Waals surface area (Å²) in [6, 6.07) is 5.09. The van der Waals surface area contributed by atoms with Crippen LogP contribution in [0.25, 0.3) is 0 Å². The third kappa shape index (κ3) is 2.87. The number of aromatic carboxylic acids is 1. The Morgan fingerprint density at radius 1 is 1.57 bits per heavy atom. The number of halogens is 1. The standard InChI is InChI=1S/C10H12INO2/c1-2-5-12-9-4-3-7(10(13)14)6-8(9)11/h3-4,6,12H,2,5H2,1H3,(H,13,14). The molecule has 0 radical (unpaired) electrons. The van der Waals surface area contributed by atoms with Gasteiger partial charge in [-0.3, -0.25) is 0 Å². The van der Waals surface area contributed by atoms with Crippen molar-refractivity contribution >= 4 is 34.2 Å². The van der Waals surface area contributed by atoms with Gasteiger partial charge < -0.3 is 10.4 Å². The van der Waals surface area contributed by atoms with Crippen LogP contribution in [0.15, 0.2) is 18.2 Å². The number of benzene rings is 1. The molecular formula is C10H12INO2. The highest BCUT2D eigenvalue weighted by atomic mass is 127. The summed E-state index contributed by atoms with van der Waals surface area (Å²) in [6.45, 7) is 2.99. The topological polar surface area (TPSA) is 49.3 Å². The maximum atomic E-state index is 10.7. The molecular weight excluding hydrogens is 293 g/mol. The largest absolute Gasteiger partial charge is 0.478 e. The molecule has 0 atom stereocenters. The molecule has 14 heavy (non-hydrogen) atoms. The van der Waals surface area contributed by atoms with Crippen LogP contribution >= 0.6 is 22.6 Å². The van der Waals surface area contributed by atoms with Gasteiger partial charge in [-0.05, 0) is 47.2 Å². The monoisotopic (exact) mass is 305 g/mol. The zero-order chi connectivity index (χ0) is 10.6. The number of nitrogens with one attached hydrogen (secondary N) is 1. The second-order valence-electron chi connectivity index (χ2n) is 2.93. The molecule has 0 amide bonds. The van der Waals surface area contributed by atoms with Crippen molar-refractivity contribution < 1.29 is 9.90 Å². The van der Waals surface area contributed by atoms with Gasteiger partial charge in [0.25, 0.3) is 0 Å². The van der Waals surface area contributed by atoms with Crippen LogP contribution in [-0.2, 0) is 0 Å². The van der Waals surface area contributed by atoms with Crippen molar-refractivity contribution in [2.75, 3.05) is 11.9 Å². The fourth-order valence-corrected chi connectivity index (χ4v) is 1.76. The zero-order valence-electron chi connectivity index (χ0n) is 7.88. The Morgan fingerprint density at radius 2 is 2.29 bits per heavy atom. The summed E-state index contributed by atoms with van der Waals surface area (Å²) < 4.78 is 0.941. The molecule has 0 aromatic heterocycles. The third-order valence-corrected chi connectivity index (χ3v) is 2.67. The van der Waals surface area contributed by atoms with Crippen LogP contribution in [0.3, 0.4) is 0 Å². The zero-order valence-corrected chi connectivity index (χ0v) is 10.0. The molecule has 1 aromatic rings. The summed E-state index contributed by atoms with van der Waals surface area (Å²) in [5.74, 6) is -0.884. The Bertz CT molecular complexity index is 339. The van der Waals surface area contributed by atoms with E-state index in [1.807, 2.05) is 0 Å². The predicted octanol–water partition coefficient (Wildman–Crippen LogP) is 2.81. The van der Waals surface area contributed by atoms with Gasteiger partial charge in [-0.2, -0.15) is 0 Å². The lowest BCUT2D eigenvalue weighted by molar-refractivity contribution is 0.0697. The van der Waals surface area contributed by atoms with Gasteiger partial charge in [-0.15, -0.1) is 0 Å². The first-order valence-electron chi connectivity index (χ1n) is 4.42. The molecule has 0 aliphatic rings. The molecule has 76 valence electrons. The Balaban J connectivity index is 2.84. The number of hydrogen-bond acceptors (Lipinski definition) is 2. The Morgan fingerprint density at radius 3 is 2.79 bits per heavy atom. The summed E-state index contributed by atoms with van der Waals surface area (Å²) in [6.07, 6.45) is 1.05. The molecule has 3 nitrogen and oxygen atoms in total. The van der Waals surface area contributed by atoms with Gasteiger partial charge in [0.2, 0.25) is 0 Å². The molecule has 0 fully saturated rings. The van der Waals surface area contributed by atoms with Crippen LogP contribution in [0.2, 0.25) is 0 Å². The number of hydrogen-bond donors (Lipinski definition) is 2. The van der Waals surface area contributed by atoms with Crippen LogP contribution in [0.4, 0.5) is 5.69 Å². The first kappa shape index (κ1) is 11.3. The molecule has 0 heterocycles. The smallest absolute Gasteiger partial charge is 0.335 e. The summed E-state index contributed by atoms with van der Waals surface area (Å²) >= 11 is 2.13. The predicted molar refractivity (Wildman–Crippen MR) is 64.9 cm³/mol. The van der Waals surface area contributed by atoms with Crippen LogP contribution in [0.1, 0.15) is 23.7 Å². The van der Waals surface area contributed by atoms with Gasteiger partial charge in [-0.25, -0.2) is 4.79 Å². The molecule has 0 bridgehead atoms. The molecule has 2 N–H and O–H groups in total. The van der Waals surface area contributed by atoms with Crippen molar-refractivity contribution in [1.82, 2.24) is 0 Å². The summed E-state index contributed by atoms with van der Waals surface area (Å²) in [7, 11) is 0. The lowest BCUT2D eigenvalue weighted by Gasteiger charge is -2.07. The van der Waals surface area contributed by atoms with E-state index in [9.17, 15) is 4.79 Å². The minimum atomic E-state index is -0.884. The Labute approximate surface area is 96.7 Å². The Hall–Kier alpha value is -0.780. The van der Waals surface area contributed by atoms with Crippen molar-refractivity contribution in [3.05, 3.63) is 27.3 Å². The second kappa shape index (κ2) is 5.19. The minimum Gasteiger partial charge on any atom is -0.478 e. The molecule has 0 unspecified atom stereocenters. The molecule has 0 aliphatic heterocycles. The highest BCUT2D eigenvalue weighted by Crippen LogP contribution is 2.19. The summed E-state index contributed by atoms with van der Waals surface area (Å²) in [4.78, 5) is 10.7. The summed E-state index contributed by atoms with van der Waals surface area (Å²) in [5.41, 5.74) is 1.33. The lowest BCUT2D eigenvalue weighted by Crippen LogP contribution is -2.03. The van der Waals surface area contributed by atoms with Gasteiger partial charge in [0.15, 0.2) is 0 Å². The van der Waals surface area contributed by atoms with Crippen LogP contribution < -0.4 is 5.32 Å². The fraction of sp³-hybridized carbons (Fsp3) is 0.300. The normalized spacial score (nSPS) is 9.86. The van der Waals surface area contributed by atoms with E-state index in [0.29, 0.717) is 5.56 Å². The first-order valence-corrected chi connectivity index (χ1v) is 5.49. The van der Waals surface area contributed by atoms with E-state index in [2.05, 4.69) is 34.8 Å². The van der Waals surface area contributed by atoms with Crippen molar-refractivity contribution in [2.24, 2.45) is 0 Å². The van der Waals surface area contributed by atoms with Gasteiger partial charge in [-0.1, -0.05) is 6.92 Å². The molecule has 0 aliphatic carbocycles.